The number of Topliss-reactive ketones (excluding diaryl/α,β-unsaturated/α-hetero) is 1. The molecule has 0 aromatic heterocycles. The van der Waals surface area contributed by atoms with E-state index in [0.717, 1.165) is 5.56 Å². The van der Waals surface area contributed by atoms with Crippen LogP contribution in [-0.2, 0) is 11.3 Å². The molecule has 0 atom stereocenters. The Labute approximate surface area is 151 Å². The van der Waals surface area contributed by atoms with Crippen molar-refractivity contribution in [1.29, 1.82) is 0 Å². The first-order chi connectivity index (χ1) is 12.5. The number of hydrogen-bond acceptors (Lipinski definition) is 3. The van der Waals surface area contributed by atoms with Crippen molar-refractivity contribution in [2.45, 2.75) is 13.5 Å². The van der Waals surface area contributed by atoms with E-state index in [2.05, 4.69) is 0 Å². The molecule has 0 unspecified atom stereocenters. The van der Waals surface area contributed by atoms with Gasteiger partial charge in [0, 0.05) is 11.1 Å². The summed E-state index contributed by atoms with van der Waals surface area (Å²) in [7, 11) is 0. The predicted molar refractivity (Wildman–Crippen MR) is 97.4 cm³/mol. The maximum absolute atomic E-state index is 14.2. The molecular formula is C22H17FO3. The summed E-state index contributed by atoms with van der Waals surface area (Å²) < 4.78 is 19.5. The molecule has 130 valence electrons. The number of hydrogen-bond donors (Lipinski definition) is 0. The fourth-order valence-electron chi connectivity index (χ4n) is 2.59. The minimum Gasteiger partial charge on any atom is -0.457 e. The van der Waals surface area contributed by atoms with Crippen molar-refractivity contribution >= 4 is 11.8 Å². The van der Waals surface area contributed by atoms with Gasteiger partial charge in [-0.05, 0) is 48.4 Å². The van der Waals surface area contributed by atoms with Crippen molar-refractivity contribution < 1.29 is 18.7 Å². The number of carbonyl (C=O) groups excluding carboxylic acids is 2. The van der Waals surface area contributed by atoms with Crippen LogP contribution in [-0.4, -0.2) is 11.8 Å². The van der Waals surface area contributed by atoms with Crippen LogP contribution in [0.3, 0.4) is 0 Å². The monoisotopic (exact) mass is 348 g/mol. The molecule has 0 saturated carbocycles. The zero-order chi connectivity index (χ0) is 18.5. The average Bonchev–Trinajstić information content (AvgIpc) is 2.67. The largest absolute Gasteiger partial charge is 0.457 e. The summed E-state index contributed by atoms with van der Waals surface area (Å²) in [6, 6.07) is 20.1. The number of esters is 1. The van der Waals surface area contributed by atoms with Gasteiger partial charge in [-0.1, -0.05) is 42.5 Å². The molecule has 0 fully saturated rings. The second-order valence-electron chi connectivity index (χ2n) is 5.89. The van der Waals surface area contributed by atoms with Crippen molar-refractivity contribution in [2.75, 3.05) is 0 Å². The summed E-state index contributed by atoms with van der Waals surface area (Å²) in [5, 5.41) is 0. The Bertz CT molecular complexity index is 949. The summed E-state index contributed by atoms with van der Waals surface area (Å²) in [5.41, 5.74) is 2.41. The third-order valence-electron chi connectivity index (χ3n) is 3.99. The molecule has 0 amide bonds. The summed E-state index contributed by atoms with van der Waals surface area (Å²) in [5.74, 6) is -1.09. The van der Waals surface area contributed by atoms with Crippen LogP contribution in [0.4, 0.5) is 4.39 Å². The topological polar surface area (TPSA) is 43.4 Å². The normalized spacial score (nSPS) is 10.4. The fraction of sp³-hybridized carbons (Fsp3) is 0.0909. The highest BCUT2D eigenvalue weighted by Crippen LogP contribution is 2.25. The molecule has 0 saturated heterocycles. The van der Waals surface area contributed by atoms with E-state index in [9.17, 15) is 14.0 Å². The Morgan fingerprint density at radius 2 is 1.65 bits per heavy atom. The summed E-state index contributed by atoms with van der Waals surface area (Å²) in [4.78, 5) is 23.8. The Hall–Kier alpha value is -3.27. The van der Waals surface area contributed by atoms with E-state index in [1.165, 1.54) is 25.1 Å². The van der Waals surface area contributed by atoms with E-state index in [1.807, 2.05) is 30.3 Å². The molecule has 3 nitrogen and oxygen atoms in total. The first-order valence-corrected chi connectivity index (χ1v) is 8.16. The second kappa shape index (κ2) is 7.74. The highest BCUT2D eigenvalue weighted by molar-refractivity contribution is 5.96. The standard InChI is InChI=1S/C22H17FO3/c1-15(24)17-10-11-21(23)20(13-17)18-8-5-9-19(12-18)22(25)26-14-16-6-3-2-4-7-16/h2-13H,14H2,1H3. The maximum Gasteiger partial charge on any atom is 0.338 e. The van der Waals surface area contributed by atoms with Gasteiger partial charge in [0.2, 0.25) is 0 Å². The van der Waals surface area contributed by atoms with Crippen LogP contribution in [0.1, 0.15) is 33.2 Å². The zero-order valence-electron chi connectivity index (χ0n) is 14.2. The van der Waals surface area contributed by atoms with Crippen molar-refractivity contribution in [2.24, 2.45) is 0 Å². The lowest BCUT2D eigenvalue weighted by Crippen LogP contribution is -2.05. The van der Waals surface area contributed by atoms with Gasteiger partial charge < -0.3 is 4.74 Å². The lowest BCUT2D eigenvalue weighted by molar-refractivity contribution is 0.0472. The van der Waals surface area contributed by atoms with Gasteiger partial charge in [-0.15, -0.1) is 0 Å². The first-order valence-electron chi connectivity index (χ1n) is 8.16. The van der Waals surface area contributed by atoms with Crippen LogP contribution in [0.15, 0.2) is 72.8 Å². The molecule has 0 N–H and O–H groups in total. The molecule has 3 rings (SSSR count). The summed E-state index contributed by atoms with van der Waals surface area (Å²) in [6.07, 6.45) is 0. The van der Waals surface area contributed by atoms with Crippen LogP contribution in [0.5, 0.6) is 0 Å². The number of ketones is 1. The van der Waals surface area contributed by atoms with Crippen molar-refractivity contribution in [3.8, 4) is 11.1 Å². The van der Waals surface area contributed by atoms with E-state index in [4.69, 9.17) is 4.74 Å². The van der Waals surface area contributed by atoms with Crippen molar-refractivity contribution in [3.05, 3.63) is 95.3 Å². The van der Waals surface area contributed by atoms with Gasteiger partial charge in [-0.25, -0.2) is 9.18 Å². The van der Waals surface area contributed by atoms with E-state index in [0.29, 0.717) is 16.7 Å². The highest BCUT2D eigenvalue weighted by Gasteiger charge is 2.12. The van der Waals surface area contributed by atoms with E-state index in [-0.39, 0.29) is 18.0 Å². The molecule has 3 aromatic carbocycles. The zero-order valence-corrected chi connectivity index (χ0v) is 14.2. The van der Waals surface area contributed by atoms with Crippen LogP contribution >= 0.6 is 0 Å². The molecule has 0 spiro atoms. The molecule has 0 bridgehead atoms. The highest BCUT2D eigenvalue weighted by atomic mass is 19.1. The summed E-state index contributed by atoms with van der Waals surface area (Å²) >= 11 is 0. The minimum absolute atomic E-state index is 0.148. The van der Waals surface area contributed by atoms with Crippen LogP contribution in [0, 0.1) is 5.82 Å². The Morgan fingerprint density at radius 1 is 0.885 bits per heavy atom. The molecule has 4 heteroatoms. The van der Waals surface area contributed by atoms with Crippen LogP contribution in [0.2, 0.25) is 0 Å². The van der Waals surface area contributed by atoms with Gasteiger partial charge in [-0.3, -0.25) is 4.79 Å². The lowest BCUT2D eigenvalue weighted by Gasteiger charge is -2.09. The molecular weight excluding hydrogens is 331 g/mol. The third-order valence-corrected chi connectivity index (χ3v) is 3.99. The van der Waals surface area contributed by atoms with Gasteiger partial charge in [-0.2, -0.15) is 0 Å². The number of carbonyl (C=O) groups is 2. The van der Waals surface area contributed by atoms with Gasteiger partial charge in [0.05, 0.1) is 5.56 Å². The molecule has 0 aliphatic carbocycles. The van der Waals surface area contributed by atoms with E-state index >= 15 is 0 Å². The number of halogens is 1. The number of rotatable bonds is 5. The second-order valence-corrected chi connectivity index (χ2v) is 5.89. The van der Waals surface area contributed by atoms with Crippen molar-refractivity contribution in [3.63, 3.8) is 0 Å². The van der Waals surface area contributed by atoms with Gasteiger partial charge in [0.1, 0.15) is 12.4 Å². The average molecular weight is 348 g/mol. The molecule has 0 heterocycles. The molecule has 0 aliphatic rings. The van der Waals surface area contributed by atoms with E-state index in [1.54, 1.807) is 24.3 Å². The van der Waals surface area contributed by atoms with Gasteiger partial charge in [0.15, 0.2) is 5.78 Å². The third kappa shape index (κ3) is 4.03. The molecule has 3 aromatic rings. The van der Waals surface area contributed by atoms with Crippen LogP contribution in [0.25, 0.3) is 11.1 Å². The number of benzene rings is 3. The predicted octanol–water partition coefficient (Wildman–Crippen LogP) is 5.05. The van der Waals surface area contributed by atoms with Gasteiger partial charge >= 0.3 is 5.97 Å². The lowest BCUT2D eigenvalue weighted by atomic mass is 9.99. The first kappa shape index (κ1) is 17.5. The smallest absolute Gasteiger partial charge is 0.338 e. The SMILES string of the molecule is CC(=O)c1ccc(F)c(-c2cccc(C(=O)OCc3ccccc3)c2)c1. The quantitative estimate of drug-likeness (QED) is 0.478. The molecule has 0 aliphatic heterocycles. The van der Waals surface area contributed by atoms with E-state index < -0.39 is 11.8 Å². The van der Waals surface area contributed by atoms with Crippen LogP contribution < -0.4 is 0 Å². The van der Waals surface area contributed by atoms with Gasteiger partial charge in [0.25, 0.3) is 0 Å². The minimum atomic E-state index is -0.487. The Kier molecular flexibility index (Phi) is 5.23. The Morgan fingerprint density at radius 3 is 2.38 bits per heavy atom. The summed E-state index contributed by atoms with van der Waals surface area (Å²) in [6.45, 7) is 1.59. The molecule has 0 radical (unpaired) electrons. The van der Waals surface area contributed by atoms with Crippen molar-refractivity contribution in [1.82, 2.24) is 0 Å². The number of ether oxygens (including phenoxy) is 1. The molecule has 26 heavy (non-hydrogen) atoms. The Balaban J connectivity index is 1.83. The maximum atomic E-state index is 14.2. The fourth-order valence-corrected chi connectivity index (χ4v) is 2.59.